The van der Waals surface area contributed by atoms with Crippen LogP contribution in [0, 0.1) is 0 Å². The van der Waals surface area contributed by atoms with E-state index in [1.807, 2.05) is 6.07 Å². The first-order valence-corrected chi connectivity index (χ1v) is 11.1. The molecule has 0 saturated carbocycles. The fourth-order valence-electron chi connectivity index (χ4n) is 3.41. The quantitative estimate of drug-likeness (QED) is 0.364. The highest BCUT2D eigenvalue weighted by Crippen LogP contribution is 2.36. The number of nitrogens with one attached hydrogen (secondary N) is 1. The van der Waals surface area contributed by atoms with Crippen molar-refractivity contribution in [2.45, 2.75) is 13.8 Å². The zero-order valence-corrected chi connectivity index (χ0v) is 18.8. The van der Waals surface area contributed by atoms with Crippen LogP contribution in [0.3, 0.4) is 0 Å². The molecule has 0 unspecified atom stereocenters. The van der Waals surface area contributed by atoms with Crippen molar-refractivity contribution in [3.05, 3.63) is 102 Å². The number of nitrogens with zero attached hydrogens (tertiary/aromatic N) is 1. The summed E-state index contributed by atoms with van der Waals surface area (Å²) in [5.41, 5.74) is 5.93. The van der Waals surface area contributed by atoms with E-state index in [9.17, 15) is 0 Å². The lowest BCUT2D eigenvalue weighted by atomic mass is 9.95. The second kappa shape index (κ2) is 11.0. The van der Waals surface area contributed by atoms with Crippen LogP contribution >= 0.6 is 15.9 Å². The smallest absolute Gasteiger partial charge is 0.0341 e. The van der Waals surface area contributed by atoms with Crippen LogP contribution in [-0.4, -0.2) is 31.1 Å². The standard InChI is InChI=1S/C26H29BrN2/c1-3-29(4-2)20-19-28-24-17-15-22(16-18-24)25(21-11-7-5-8-12-21)26(27)23-13-9-6-10-14-23/h5-18,28H,3-4,19-20H2,1-2H3/b26-25+. The average molecular weight is 449 g/mol. The number of likely N-dealkylation sites (N-methyl/N-ethyl adjacent to an activating group) is 1. The second-order valence-corrected chi connectivity index (χ2v) is 7.75. The van der Waals surface area contributed by atoms with Crippen LogP contribution in [0.15, 0.2) is 84.9 Å². The lowest BCUT2D eigenvalue weighted by molar-refractivity contribution is 0.316. The average Bonchev–Trinajstić information content (AvgIpc) is 2.79. The minimum absolute atomic E-state index is 0.954. The molecule has 0 bridgehead atoms. The van der Waals surface area contributed by atoms with Gasteiger partial charge in [0.1, 0.15) is 0 Å². The molecule has 2 nitrogen and oxygen atoms in total. The summed E-state index contributed by atoms with van der Waals surface area (Å²) >= 11 is 3.88. The Bertz CT molecular complexity index is 898. The number of hydrogen-bond acceptors (Lipinski definition) is 2. The summed E-state index contributed by atoms with van der Waals surface area (Å²) in [6.07, 6.45) is 0. The number of rotatable bonds is 9. The van der Waals surface area contributed by atoms with Gasteiger partial charge in [0.15, 0.2) is 0 Å². The number of hydrogen-bond donors (Lipinski definition) is 1. The third kappa shape index (κ3) is 5.81. The fourth-order valence-corrected chi connectivity index (χ4v) is 4.13. The molecular formula is C26H29BrN2. The molecule has 3 heteroatoms. The Morgan fingerprint density at radius 3 is 1.79 bits per heavy atom. The van der Waals surface area contributed by atoms with Gasteiger partial charge in [0, 0.05) is 28.8 Å². The fraction of sp³-hybridized carbons (Fsp3) is 0.231. The largest absolute Gasteiger partial charge is 0.384 e. The van der Waals surface area contributed by atoms with Gasteiger partial charge in [0.25, 0.3) is 0 Å². The monoisotopic (exact) mass is 448 g/mol. The van der Waals surface area contributed by atoms with Gasteiger partial charge in [-0.25, -0.2) is 0 Å². The summed E-state index contributed by atoms with van der Waals surface area (Å²) in [7, 11) is 0. The molecule has 0 aliphatic carbocycles. The van der Waals surface area contributed by atoms with E-state index in [-0.39, 0.29) is 0 Å². The summed E-state index contributed by atoms with van der Waals surface area (Å²) in [5.74, 6) is 0. The van der Waals surface area contributed by atoms with Crippen LogP contribution < -0.4 is 5.32 Å². The first-order valence-electron chi connectivity index (χ1n) is 10.3. The number of halogens is 1. The third-order valence-electron chi connectivity index (χ3n) is 5.13. The molecule has 29 heavy (non-hydrogen) atoms. The third-order valence-corrected chi connectivity index (χ3v) is 5.99. The molecule has 0 radical (unpaired) electrons. The number of anilines is 1. The van der Waals surface area contributed by atoms with Gasteiger partial charge in [-0.15, -0.1) is 0 Å². The Kier molecular flexibility index (Phi) is 8.09. The zero-order chi connectivity index (χ0) is 20.5. The van der Waals surface area contributed by atoms with Gasteiger partial charge in [0.2, 0.25) is 0 Å². The highest BCUT2D eigenvalue weighted by Gasteiger charge is 2.12. The molecule has 3 rings (SSSR count). The molecule has 0 amide bonds. The van der Waals surface area contributed by atoms with Crippen molar-refractivity contribution in [3.63, 3.8) is 0 Å². The van der Waals surface area contributed by atoms with Crippen molar-refractivity contribution in [1.82, 2.24) is 4.90 Å². The van der Waals surface area contributed by atoms with Crippen molar-refractivity contribution < 1.29 is 0 Å². The summed E-state index contributed by atoms with van der Waals surface area (Å²) < 4.78 is 1.10. The van der Waals surface area contributed by atoms with E-state index >= 15 is 0 Å². The van der Waals surface area contributed by atoms with Crippen LogP contribution in [-0.2, 0) is 0 Å². The molecule has 0 aliphatic rings. The van der Waals surface area contributed by atoms with Gasteiger partial charge in [-0.3, -0.25) is 0 Å². The summed E-state index contributed by atoms with van der Waals surface area (Å²) in [4.78, 5) is 2.43. The highest BCUT2D eigenvalue weighted by molar-refractivity contribution is 9.15. The predicted molar refractivity (Wildman–Crippen MR) is 130 cm³/mol. The molecule has 0 aliphatic heterocycles. The Balaban J connectivity index is 1.86. The molecule has 0 atom stereocenters. The molecule has 3 aromatic carbocycles. The Hall–Kier alpha value is -2.36. The Morgan fingerprint density at radius 2 is 1.24 bits per heavy atom. The lowest BCUT2D eigenvalue weighted by Crippen LogP contribution is -2.28. The van der Waals surface area contributed by atoms with Crippen LogP contribution in [0.25, 0.3) is 10.1 Å². The SMILES string of the molecule is CCN(CC)CCNc1ccc(/C(=C(/Br)c2ccccc2)c2ccccc2)cc1. The maximum absolute atomic E-state index is 3.88. The minimum atomic E-state index is 0.954. The van der Waals surface area contributed by atoms with Crippen molar-refractivity contribution in [3.8, 4) is 0 Å². The van der Waals surface area contributed by atoms with Gasteiger partial charge in [-0.05, 0) is 57.8 Å². The number of benzene rings is 3. The topological polar surface area (TPSA) is 15.3 Å². The van der Waals surface area contributed by atoms with Crippen molar-refractivity contribution in [1.29, 1.82) is 0 Å². The molecule has 0 aromatic heterocycles. The van der Waals surface area contributed by atoms with Crippen molar-refractivity contribution in [2.24, 2.45) is 0 Å². The summed E-state index contributed by atoms with van der Waals surface area (Å²) in [6, 6.07) is 29.8. The normalized spacial score (nSPS) is 12.0. The molecular weight excluding hydrogens is 420 g/mol. The van der Waals surface area contributed by atoms with Crippen LogP contribution in [0.4, 0.5) is 5.69 Å². The van der Waals surface area contributed by atoms with E-state index in [0.29, 0.717) is 0 Å². The first-order chi connectivity index (χ1) is 14.2. The van der Waals surface area contributed by atoms with E-state index in [1.165, 1.54) is 22.3 Å². The predicted octanol–water partition coefficient (Wildman–Crippen LogP) is 6.75. The van der Waals surface area contributed by atoms with Gasteiger partial charge in [-0.1, -0.05) is 86.6 Å². The second-order valence-electron chi connectivity index (χ2n) is 6.95. The molecule has 0 heterocycles. The highest BCUT2D eigenvalue weighted by atomic mass is 79.9. The summed E-state index contributed by atoms with van der Waals surface area (Å²) in [6.45, 7) is 8.62. The maximum atomic E-state index is 3.88. The minimum Gasteiger partial charge on any atom is -0.384 e. The molecule has 0 fully saturated rings. The van der Waals surface area contributed by atoms with Gasteiger partial charge in [0.05, 0.1) is 0 Å². The lowest BCUT2D eigenvalue weighted by Gasteiger charge is -2.18. The molecule has 1 N–H and O–H groups in total. The zero-order valence-electron chi connectivity index (χ0n) is 17.2. The first kappa shape index (κ1) is 21.4. The van der Waals surface area contributed by atoms with Crippen LogP contribution in [0.5, 0.6) is 0 Å². The van der Waals surface area contributed by atoms with Crippen LogP contribution in [0.2, 0.25) is 0 Å². The molecule has 150 valence electrons. The molecule has 3 aromatic rings. The Labute approximate surface area is 183 Å². The van der Waals surface area contributed by atoms with Crippen molar-refractivity contribution >= 4 is 31.7 Å². The van der Waals surface area contributed by atoms with Gasteiger partial charge < -0.3 is 10.2 Å². The summed E-state index contributed by atoms with van der Waals surface area (Å²) in [5, 5.41) is 3.54. The van der Waals surface area contributed by atoms with Gasteiger partial charge >= 0.3 is 0 Å². The van der Waals surface area contributed by atoms with E-state index in [1.54, 1.807) is 0 Å². The van der Waals surface area contributed by atoms with Gasteiger partial charge in [-0.2, -0.15) is 0 Å². The Morgan fingerprint density at radius 1 is 0.724 bits per heavy atom. The van der Waals surface area contributed by atoms with E-state index < -0.39 is 0 Å². The molecule has 0 spiro atoms. The van der Waals surface area contributed by atoms with E-state index in [2.05, 4.69) is 119 Å². The maximum Gasteiger partial charge on any atom is 0.0341 e. The van der Waals surface area contributed by atoms with Crippen molar-refractivity contribution in [2.75, 3.05) is 31.5 Å². The molecule has 0 saturated heterocycles. The van der Waals surface area contributed by atoms with Crippen LogP contribution in [0.1, 0.15) is 30.5 Å². The van der Waals surface area contributed by atoms with E-state index in [0.717, 1.165) is 36.3 Å². The van der Waals surface area contributed by atoms with E-state index in [4.69, 9.17) is 0 Å².